The van der Waals surface area contributed by atoms with Gasteiger partial charge in [-0.05, 0) is 49.4 Å². The molecule has 28 heavy (non-hydrogen) atoms. The number of carbonyl (C=O) groups excluding carboxylic acids is 2. The summed E-state index contributed by atoms with van der Waals surface area (Å²) in [5.74, 6) is -0.233. The first-order chi connectivity index (χ1) is 13.3. The molecule has 0 atom stereocenters. The van der Waals surface area contributed by atoms with Crippen molar-refractivity contribution in [2.24, 2.45) is 0 Å². The lowest BCUT2D eigenvalue weighted by Gasteiger charge is -2.18. The van der Waals surface area contributed by atoms with Crippen LogP contribution in [0.25, 0.3) is 5.69 Å². The zero-order valence-electron chi connectivity index (χ0n) is 15.5. The molecular weight excluding hydrogens is 382 g/mol. The summed E-state index contributed by atoms with van der Waals surface area (Å²) in [7, 11) is 0. The van der Waals surface area contributed by atoms with Crippen molar-refractivity contribution in [3.63, 3.8) is 0 Å². The van der Waals surface area contributed by atoms with E-state index in [0.717, 1.165) is 5.69 Å². The first-order valence-electron chi connectivity index (χ1n) is 8.36. The van der Waals surface area contributed by atoms with Crippen LogP contribution in [0.2, 0.25) is 0 Å². The summed E-state index contributed by atoms with van der Waals surface area (Å²) in [6.07, 6.45) is 0.953. The lowest BCUT2D eigenvalue weighted by atomic mass is 10.2. The predicted octanol–water partition coefficient (Wildman–Crippen LogP) is 2.65. The SMILES string of the molecule is CC(C)(C)OC(=O)Nc1nc(CC(=O)Nc2cccc(-n3cnnn3)c2)cs1. The molecule has 0 aliphatic rings. The Kier molecular flexibility index (Phi) is 5.64. The summed E-state index contributed by atoms with van der Waals surface area (Å²) in [6, 6.07) is 7.13. The average molecular weight is 401 g/mol. The van der Waals surface area contributed by atoms with Crippen LogP contribution in [-0.4, -0.2) is 42.8 Å². The van der Waals surface area contributed by atoms with Crippen molar-refractivity contribution in [3.8, 4) is 5.69 Å². The quantitative estimate of drug-likeness (QED) is 0.673. The van der Waals surface area contributed by atoms with Gasteiger partial charge in [-0.25, -0.2) is 14.5 Å². The minimum atomic E-state index is -0.596. The highest BCUT2D eigenvalue weighted by molar-refractivity contribution is 7.13. The van der Waals surface area contributed by atoms with E-state index in [1.54, 1.807) is 44.4 Å². The van der Waals surface area contributed by atoms with Gasteiger partial charge in [0.1, 0.15) is 11.9 Å². The van der Waals surface area contributed by atoms with E-state index >= 15 is 0 Å². The molecule has 0 saturated carbocycles. The van der Waals surface area contributed by atoms with Crippen LogP contribution in [0.5, 0.6) is 0 Å². The molecule has 0 spiro atoms. The molecule has 3 rings (SSSR count). The number of aromatic nitrogens is 5. The van der Waals surface area contributed by atoms with Crippen LogP contribution < -0.4 is 10.6 Å². The number of thiazole rings is 1. The highest BCUT2D eigenvalue weighted by atomic mass is 32.1. The van der Waals surface area contributed by atoms with Gasteiger partial charge in [-0.15, -0.1) is 16.4 Å². The lowest BCUT2D eigenvalue weighted by molar-refractivity contribution is -0.115. The molecule has 2 aromatic heterocycles. The van der Waals surface area contributed by atoms with Crippen LogP contribution in [-0.2, 0) is 16.0 Å². The van der Waals surface area contributed by atoms with E-state index in [4.69, 9.17) is 4.74 Å². The monoisotopic (exact) mass is 401 g/mol. The second-order valence-electron chi connectivity index (χ2n) is 6.80. The van der Waals surface area contributed by atoms with Gasteiger partial charge in [0.2, 0.25) is 5.91 Å². The number of hydrogen-bond acceptors (Lipinski definition) is 8. The van der Waals surface area contributed by atoms with E-state index in [1.807, 2.05) is 6.07 Å². The molecule has 0 aliphatic carbocycles. The Hall–Kier alpha value is -3.34. The molecule has 0 saturated heterocycles. The third-order valence-corrected chi connectivity index (χ3v) is 4.05. The first-order valence-corrected chi connectivity index (χ1v) is 9.24. The van der Waals surface area contributed by atoms with Gasteiger partial charge in [0.25, 0.3) is 0 Å². The summed E-state index contributed by atoms with van der Waals surface area (Å²) in [5, 5.41) is 18.4. The Morgan fingerprint density at radius 3 is 2.79 bits per heavy atom. The maximum atomic E-state index is 12.3. The molecule has 2 N–H and O–H groups in total. The van der Waals surface area contributed by atoms with Crippen molar-refractivity contribution in [1.29, 1.82) is 0 Å². The number of nitrogens with one attached hydrogen (secondary N) is 2. The maximum Gasteiger partial charge on any atom is 0.413 e. The number of tetrazole rings is 1. The topological polar surface area (TPSA) is 124 Å². The number of hydrogen-bond donors (Lipinski definition) is 2. The van der Waals surface area contributed by atoms with Gasteiger partial charge < -0.3 is 10.1 Å². The Morgan fingerprint density at radius 2 is 2.07 bits per heavy atom. The van der Waals surface area contributed by atoms with Gasteiger partial charge in [0.15, 0.2) is 5.13 Å². The van der Waals surface area contributed by atoms with Gasteiger partial charge >= 0.3 is 6.09 Å². The molecule has 1 aromatic carbocycles. The standard InChI is InChI=1S/C17H19N7O3S/c1-17(2,3)27-16(26)21-15-20-12(9-28-15)8-14(25)19-11-5-4-6-13(7-11)24-10-18-22-23-24/h4-7,9-10H,8H2,1-3H3,(H,19,25)(H,20,21,26). The van der Waals surface area contributed by atoms with Crippen LogP contribution in [0.3, 0.4) is 0 Å². The second kappa shape index (κ2) is 8.13. The Balaban J connectivity index is 1.56. The van der Waals surface area contributed by atoms with Crippen molar-refractivity contribution in [2.75, 3.05) is 10.6 Å². The van der Waals surface area contributed by atoms with Crippen LogP contribution in [0.4, 0.5) is 15.6 Å². The smallest absolute Gasteiger partial charge is 0.413 e. The van der Waals surface area contributed by atoms with Gasteiger partial charge in [0, 0.05) is 11.1 Å². The second-order valence-corrected chi connectivity index (χ2v) is 7.66. The molecule has 0 bridgehead atoms. The minimum absolute atomic E-state index is 0.0710. The van der Waals surface area contributed by atoms with Crippen molar-refractivity contribution in [3.05, 3.63) is 41.7 Å². The molecule has 2 amide bonds. The maximum absolute atomic E-state index is 12.3. The number of benzene rings is 1. The Labute approximate surface area is 164 Å². The zero-order chi connectivity index (χ0) is 20.1. The van der Waals surface area contributed by atoms with Crippen LogP contribution in [0.1, 0.15) is 26.5 Å². The number of carbonyl (C=O) groups is 2. The van der Waals surface area contributed by atoms with Crippen LogP contribution in [0, 0.1) is 0 Å². The average Bonchev–Trinajstić information content (AvgIpc) is 3.25. The van der Waals surface area contributed by atoms with Gasteiger partial charge in [-0.1, -0.05) is 6.07 Å². The minimum Gasteiger partial charge on any atom is -0.444 e. The summed E-state index contributed by atoms with van der Waals surface area (Å²) in [5.41, 5.74) is 1.28. The Bertz CT molecular complexity index is 963. The predicted molar refractivity (Wildman–Crippen MR) is 103 cm³/mol. The van der Waals surface area contributed by atoms with E-state index < -0.39 is 11.7 Å². The third-order valence-electron chi connectivity index (χ3n) is 3.24. The molecule has 0 radical (unpaired) electrons. The number of amides is 2. The fourth-order valence-corrected chi connectivity index (χ4v) is 2.91. The van der Waals surface area contributed by atoms with Crippen molar-refractivity contribution in [2.45, 2.75) is 32.8 Å². The third kappa shape index (κ3) is 5.58. The highest BCUT2D eigenvalue weighted by Gasteiger charge is 2.17. The molecule has 0 unspecified atom stereocenters. The molecule has 3 aromatic rings. The summed E-state index contributed by atoms with van der Waals surface area (Å²) in [6.45, 7) is 5.33. The number of ether oxygens (including phenoxy) is 1. The van der Waals surface area contributed by atoms with Crippen molar-refractivity contribution >= 4 is 34.2 Å². The molecule has 0 fully saturated rings. The van der Waals surface area contributed by atoms with Crippen molar-refractivity contribution < 1.29 is 14.3 Å². The summed E-state index contributed by atoms with van der Waals surface area (Å²) >= 11 is 1.22. The Morgan fingerprint density at radius 1 is 1.25 bits per heavy atom. The van der Waals surface area contributed by atoms with Crippen molar-refractivity contribution in [1.82, 2.24) is 25.2 Å². The van der Waals surface area contributed by atoms with Gasteiger partial charge in [0.05, 0.1) is 17.8 Å². The van der Waals surface area contributed by atoms with E-state index in [-0.39, 0.29) is 12.3 Å². The normalized spacial score (nSPS) is 11.1. The van der Waals surface area contributed by atoms with Gasteiger partial charge in [-0.3, -0.25) is 10.1 Å². The lowest BCUT2D eigenvalue weighted by Crippen LogP contribution is -2.27. The zero-order valence-corrected chi connectivity index (χ0v) is 16.4. The molecule has 0 aliphatic heterocycles. The fraction of sp³-hybridized carbons (Fsp3) is 0.294. The molecule has 2 heterocycles. The van der Waals surface area contributed by atoms with E-state index in [2.05, 4.69) is 31.1 Å². The molecular formula is C17H19N7O3S. The fourth-order valence-electron chi connectivity index (χ4n) is 2.21. The molecule has 10 nitrogen and oxygen atoms in total. The number of rotatable bonds is 5. The number of anilines is 2. The van der Waals surface area contributed by atoms with Crippen LogP contribution >= 0.6 is 11.3 Å². The molecule has 146 valence electrons. The molecule has 11 heteroatoms. The van der Waals surface area contributed by atoms with Crippen LogP contribution in [0.15, 0.2) is 36.0 Å². The van der Waals surface area contributed by atoms with E-state index in [0.29, 0.717) is 16.5 Å². The van der Waals surface area contributed by atoms with Gasteiger partial charge in [-0.2, -0.15) is 0 Å². The van der Waals surface area contributed by atoms with E-state index in [9.17, 15) is 9.59 Å². The van der Waals surface area contributed by atoms with E-state index in [1.165, 1.54) is 22.3 Å². The number of nitrogens with zero attached hydrogens (tertiary/aromatic N) is 5. The largest absolute Gasteiger partial charge is 0.444 e. The first kappa shape index (κ1) is 19.4. The summed E-state index contributed by atoms with van der Waals surface area (Å²) < 4.78 is 6.66. The summed E-state index contributed by atoms with van der Waals surface area (Å²) in [4.78, 5) is 28.3. The highest BCUT2D eigenvalue weighted by Crippen LogP contribution is 2.18.